The first-order chi connectivity index (χ1) is 14.6. The van der Waals surface area contributed by atoms with Gasteiger partial charge < -0.3 is 15.0 Å². The van der Waals surface area contributed by atoms with E-state index < -0.39 is 11.6 Å². The van der Waals surface area contributed by atoms with E-state index in [0.29, 0.717) is 18.4 Å². The van der Waals surface area contributed by atoms with E-state index in [-0.39, 0.29) is 36.0 Å². The highest BCUT2D eigenvalue weighted by atomic mass is 16.6. The summed E-state index contributed by atoms with van der Waals surface area (Å²) in [7, 11) is 0. The first-order valence-electron chi connectivity index (χ1n) is 11.1. The molecular weight excluding hydrogens is 396 g/mol. The standard InChI is InChI=1S/C23H32N4O4/c1-14(2)25-18-8-6-7-9-19(18)27(21(25)29)20(28)24-15-12-16-10-11-17(13-15)26(16)22(30)31-23(3,4)5/h6-9,14-17H,10-13H2,1-5H3,(H,24,28). The Morgan fingerprint density at radius 3 is 2.19 bits per heavy atom. The lowest BCUT2D eigenvalue weighted by atomic mass is 9.98. The van der Waals surface area contributed by atoms with E-state index in [0.717, 1.165) is 18.4 Å². The molecule has 2 amide bonds. The van der Waals surface area contributed by atoms with Crippen molar-refractivity contribution in [3.63, 3.8) is 0 Å². The molecule has 0 radical (unpaired) electrons. The topological polar surface area (TPSA) is 85.6 Å². The lowest BCUT2D eigenvalue weighted by Crippen LogP contribution is -2.54. The molecule has 2 aromatic rings. The van der Waals surface area contributed by atoms with Gasteiger partial charge in [0.2, 0.25) is 0 Å². The van der Waals surface area contributed by atoms with Crippen LogP contribution in [0.15, 0.2) is 29.1 Å². The molecule has 2 atom stereocenters. The second-order valence-electron chi connectivity index (χ2n) is 9.96. The molecule has 2 saturated heterocycles. The summed E-state index contributed by atoms with van der Waals surface area (Å²) >= 11 is 0. The van der Waals surface area contributed by atoms with Gasteiger partial charge in [-0.1, -0.05) is 12.1 Å². The van der Waals surface area contributed by atoms with Gasteiger partial charge in [0.25, 0.3) is 0 Å². The van der Waals surface area contributed by atoms with Gasteiger partial charge in [0, 0.05) is 24.2 Å². The molecule has 8 heteroatoms. The molecule has 2 aliphatic heterocycles. The monoisotopic (exact) mass is 428 g/mol. The third-order valence-corrected chi connectivity index (χ3v) is 6.16. The molecule has 4 rings (SSSR count). The van der Waals surface area contributed by atoms with Gasteiger partial charge in [0.05, 0.1) is 11.0 Å². The number of hydrogen-bond donors (Lipinski definition) is 1. The molecular formula is C23H32N4O4. The molecule has 8 nitrogen and oxygen atoms in total. The molecule has 2 fully saturated rings. The average Bonchev–Trinajstić information content (AvgIpc) is 3.10. The van der Waals surface area contributed by atoms with Crippen molar-refractivity contribution in [2.24, 2.45) is 0 Å². The predicted octanol–water partition coefficient (Wildman–Crippen LogP) is 3.87. The van der Waals surface area contributed by atoms with Crippen molar-refractivity contribution in [2.75, 3.05) is 0 Å². The van der Waals surface area contributed by atoms with Crippen molar-refractivity contribution >= 4 is 23.2 Å². The minimum absolute atomic E-state index is 0.0487. The number of carbonyl (C=O) groups excluding carboxylic acids is 2. The SMILES string of the molecule is CC(C)n1c(=O)n(C(=O)NC2CC3CCC(C2)N3C(=O)OC(C)(C)C)c2ccccc21. The second kappa shape index (κ2) is 7.73. The number of ether oxygens (including phenoxy) is 1. The van der Waals surface area contributed by atoms with Crippen molar-refractivity contribution in [1.29, 1.82) is 0 Å². The van der Waals surface area contributed by atoms with Gasteiger partial charge in [0.1, 0.15) is 5.60 Å². The van der Waals surface area contributed by atoms with Crippen molar-refractivity contribution < 1.29 is 14.3 Å². The van der Waals surface area contributed by atoms with Crippen molar-refractivity contribution in [3.05, 3.63) is 34.7 Å². The van der Waals surface area contributed by atoms with Gasteiger partial charge in [0.15, 0.2) is 0 Å². The maximum absolute atomic E-state index is 13.2. The van der Waals surface area contributed by atoms with Crippen LogP contribution in [0.3, 0.4) is 0 Å². The molecule has 3 heterocycles. The van der Waals surface area contributed by atoms with Crippen LogP contribution >= 0.6 is 0 Å². The number of aromatic nitrogens is 2. The normalized spacial score (nSPS) is 23.4. The highest BCUT2D eigenvalue weighted by molar-refractivity contribution is 5.89. The molecule has 0 aliphatic carbocycles. The molecule has 2 bridgehead atoms. The lowest BCUT2D eigenvalue weighted by Gasteiger charge is -2.39. The quantitative estimate of drug-likeness (QED) is 0.787. The molecule has 168 valence electrons. The number of nitrogens with one attached hydrogen (secondary N) is 1. The molecule has 31 heavy (non-hydrogen) atoms. The van der Waals surface area contributed by atoms with Gasteiger partial charge in [-0.05, 0) is 72.4 Å². The van der Waals surface area contributed by atoms with E-state index in [2.05, 4.69) is 5.32 Å². The summed E-state index contributed by atoms with van der Waals surface area (Å²) in [6.07, 6.45) is 2.87. The number of hydrogen-bond acceptors (Lipinski definition) is 4. The largest absolute Gasteiger partial charge is 0.444 e. The van der Waals surface area contributed by atoms with Crippen LogP contribution in [-0.2, 0) is 4.74 Å². The Labute approximate surface area is 182 Å². The lowest BCUT2D eigenvalue weighted by molar-refractivity contribution is 0.00527. The Hall–Kier alpha value is -2.77. The highest BCUT2D eigenvalue weighted by Crippen LogP contribution is 2.37. The molecule has 1 aromatic carbocycles. The Morgan fingerprint density at radius 2 is 1.65 bits per heavy atom. The van der Waals surface area contributed by atoms with Gasteiger partial charge in [-0.2, -0.15) is 0 Å². The summed E-state index contributed by atoms with van der Waals surface area (Å²) in [5, 5.41) is 3.06. The fraction of sp³-hybridized carbons (Fsp3) is 0.609. The fourth-order valence-corrected chi connectivity index (χ4v) is 5.01. The van der Waals surface area contributed by atoms with Gasteiger partial charge in [-0.15, -0.1) is 0 Å². The minimum Gasteiger partial charge on any atom is -0.444 e. The maximum Gasteiger partial charge on any atom is 0.410 e. The third-order valence-electron chi connectivity index (χ3n) is 6.16. The molecule has 0 spiro atoms. The van der Waals surface area contributed by atoms with Gasteiger partial charge in [-0.25, -0.2) is 19.0 Å². The van der Waals surface area contributed by atoms with E-state index >= 15 is 0 Å². The fourth-order valence-electron chi connectivity index (χ4n) is 5.01. The Balaban J connectivity index is 1.52. The Bertz CT molecular complexity index is 1050. The first-order valence-corrected chi connectivity index (χ1v) is 11.1. The highest BCUT2D eigenvalue weighted by Gasteiger charge is 2.45. The second-order valence-corrected chi connectivity index (χ2v) is 9.96. The number of piperidine rings is 1. The van der Waals surface area contributed by atoms with Crippen LogP contribution in [0.5, 0.6) is 0 Å². The Kier molecular flexibility index (Phi) is 5.35. The summed E-state index contributed by atoms with van der Waals surface area (Å²) in [5.74, 6) is 0. The van der Waals surface area contributed by atoms with Crippen molar-refractivity contribution in [3.8, 4) is 0 Å². The number of amides is 2. The summed E-state index contributed by atoms with van der Waals surface area (Å²) in [5.41, 5.74) is 0.487. The van der Waals surface area contributed by atoms with E-state index in [1.54, 1.807) is 10.6 Å². The molecule has 0 saturated carbocycles. The van der Waals surface area contributed by atoms with Gasteiger partial charge in [-0.3, -0.25) is 4.57 Å². The predicted molar refractivity (Wildman–Crippen MR) is 118 cm³/mol. The summed E-state index contributed by atoms with van der Waals surface area (Å²) in [6, 6.07) is 6.90. The van der Waals surface area contributed by atoms with E-state index in [1.165, 1.54) is 4.57 Å². The third kappa shape index (κ3) is 3.95. The number of benzene rings is 1. The smallest absolute Gasteiger partial charge is 0.410 e. The molecule has 1 aromatic heterocycles. The number of imidazole rings is 1. The number of fused-ring (bicyclic) bond motifs is 3. The van der Waals surface area contributed by atoms with Crippen LogP contribution in [0.25, 0.3) is 11.0 Å². The van der Waals surface area contributed by atoms with Crippen LogP contribution in [-0.4, -0.2) is 49.9 Å². The average molecular weight is 429 g/mol. The van der Waals surface area contributed by atoms with E-state index in [4.69, 9.17) is 4.74 Å². The van der Waals surface area contributed by atoms with Crippen LogP contribution < -0.4 is 11.0 Å². The van der Waals surface area contributed by atoms with Crippen molar-refractivity contribution in [1.82, 2.24) is 19.4 Å². The minimum atomic E-state index is -0.534. The Morgan fingerprint density at radius 1 is 1.06 bits per heavy atom. The zero-order valence-electron chi connectivity index (χ0n) is 18.9. The summed E-state index contributed by atoms with van der Waals surface area (Å²) < 4.78 is 8.46. The number of para-hydroxylation sites is 2. The zero-order chi connectivity index (χ0) is 22.5. The molecule has 2 aliphatic rings. The van der Waals surface area contributed by atoms with Crippen LogP contribution in [0.4, 0.5) is 9.59 Å². The van der Waals surface area contributed by atoms with Crippen LogP contribution in [0.2, 0.25) is 0 Å². The zero-order valence-corrected chi connectivity index (χ0v) is 18.9. The molecule has 2 unspecified atom stereocenters. The number of rotatable bonds is 2. The van der Waals surface area contributed by atoms with Crippen molar-refractivity contribution in [2.45, 2.75) is 90.1 Å². The maximum atomic E-state index is 13.2. The number of carbonyl (C=O) groups is 2. The summed E-state index contributed by atoms with van der Waals surface area (Å²) in [4.78, 5) is 40.7. The first kappa shape index (κ1) is 21.5. The van der Waals surface area contributed by atoms with E-state index in [9.17, 15) is 14.4 Å². The molecule has 1 N–H and O–H groups in total. The van der Waals surface area contributed by atoms with Gasteiger partial charge >= 0.3 is 17.8 Å². The van der Waals surface area contributed by atoms with Crippen LogP contribution in [0.1, 0.15) is 66.3 Å². The van der Waals surface area contributed by atoms with Crippen LogP contribution in [0, 0.1) is 0 Å². The van der Waals surface area contributed by atoms with E-state index in [1.807, 2.05) is 57.7 Å². The number of nitrogens with zero attached hydrogens (tertiary/aromatic N) is 3. The summed E-state index contributed by atoms with van der Waals surface area (Å²) in [6.45, 7) is 9.46.